The summed E-state index contributed by atoms with van der Waals surface area (Å²) in [7, 11) is 1.61. The minimum Gasteiger partial charge on any atom is -0.454 e. The molecule has 0 aliphatic carbocycles. The third-order valence-corrected chi connectivity index (χ3v) is 3.72. The van der Waals surface area contributed by atoms with Crippen molar-refractivity contribution in [2.75, 3.05) is 7.11 Å². The van der Waals surface area contributed by atoms with E-state index in [9.17, 15) is 0 Å². The van der Waals surface area contributed by atoms with E-state index in [4.69, 9.17) is 9.47 Å². The smallest absolute Gasteiger partial charge is 0.383 e. The Morgan fingerprint density at radius 1 is 1.71 bits per heavy atom. The molecule has 3 nitrogen and oxygen atoms in total. The molecule has 0 saturated carbocycles. The van der Waals surface area contributed by atoms with Crippen LogP contribution in [0.25, 0.3) is 0 Å². The molecular formula is C10H18INO2. The fraction of sp³-hybridized carbons (Fsp3) is 0.900. The Balaban J connectivity index is 2.53. The molecule has 0 aromatic carbocycles. The van der Waals surface area contributed by atoms with Crippen LogP contribution in [0.5, 0.6) is 0 Å². The number of ether oxygens (including phenoxy) is 2. The highest BCUT2D eigenvalue weighted by molar-refractivity contribution is 14.1. The second-order valence-corrected chi connectivity index (χ2v) is 5.24. The summed E-state index contributed by atoms with van der Waals surface area (Å²) in [6, 6.07) is 0.317. The summed E-state index contributed by atoms with van der Waals surface area (Å²) in [5.41, 5.74) is 0. The normalized spacial score (nSPS) is 29.0. The minimum absolute atomic E-state index is 0.262. The molecule has 4 heteroatoms. The average Bonchev–Trinajstić information content (AvgIpc) is 2.17. The predicted molar refractivity (Wildman–Crippen MR) is 66.1 cm³/mol. The highest BCUT2D eigenvalue weighted by atomic mass is 127. The summed E-state index contributed by atoms with van der Waals surface area (Å²) in [6.45, 7) is 4.30. The lowest BCUT2D eigenvalue weighted by molar-refractivity contribution is 0.0937. The third-order valence-electron chi connectivity index (χ3n) is 2.29. The summed E-state index contributed by atoms with van der Waals surface area (Å²) in [6.07, 6.45) is 4.10. The molecule has 0 spiro atoms. The van der Waals surface area contributed by atoms with Crippen LogP contribution in [0.15, 0.2) is 4.99 Å². The van der Waals surface area contributed by atoms with Crippen molar-refractivity contribution < 1.29 is 9.47 Å². The van der Waals surface area contributed by atoms with Crippen LogP contribution < -0.4 is 0 Å². The van der Waals surface area contributed by atoms with Crippen molar-refractivity contribution in [2.24, 2.45) is 4.99 Å². The maximum absolute atomic E-state index is 5.64. The first kappa shape index (κ1) is 12.1. The molecule has 1 aliphatic rings. The molecule has 0 aromatic rings. The fourth-order valence-electron chi connectivity index (χ4n) is 1.56. The van der Waals surface area contributed by atoms with Crippen LogP contribution >= 0.6 is 22.6 Å². The van der Waals surface area contributed by atoms with Gasteiger partial charge in [0, 0.05) is 10.3 Å². The molecule has 3 atom stereocenters. The van der Waals surface area contributed by atoms with E-state index in [1.807, 2.05) is 0 Å². The zero-order valence-corrected chi connectivity index (χ0v) is 11.2. The summed E-state index contributed by atoms with van der Waals surface area (Å²) >= 11 is 2.46. The Hall–Kier alpha value is 0. The number of aliphatic imine (C=N–C) groups is 1. The van der Waals surface area contributed by atoms with E-state index in [1.54, 1.807) is 7.11 Å². The van der Waals surface area contributed by atoms with Crippen LogP contribution in [0.1, 0.15) is 33.1 Å². The van der Waals surface area contributed by atoms with Crippen molar-refractivity contribution >= 4 is 28.7 Å². The van der Waals surface area contributed by atoms with Gasteiger partial charge in [0.1, 0.15) is 6.10 Å². The van der Waals surface area contributed by atoms with Gasteiger partial charge in [-0.2, -0.15) is 0 Å². The quantitative estimate of drug-likeness (QED) is 0.593. The van der Waals surface area contributed by atoms with Gasteiger partial charge in [0.25, 0.3) is 0 Å². The van der Waals surface area contributed by atoms with Crippen LogP contribution in [-0.4, -0.2) is 29.3 Å². The SMILES string of the molecule is CCC[C@H](I)[C@H]1CC(C)N=C(OC)O1. The number of methoxy groups -OCH3 is 1. The summed E-state index contributed by atoms with van der Waals surface area (Å²) in [5, 5.41) is 0. The second kappa shape index (κ2) is 5.78. The topological polar surface area (TPSA) is 30.8 Å². The lowest BCUT2D eigenvalue weighted by atomic mass is 10.0. The lowest BCUT2D eigenvalue weighted by Crippen LogP contribution is -2.35. The summed E-state index contributed by atoms with van der Waals surface area (Å²) in [5.74, 6) is 0. The Morgan fingerprint density at radius 2 is 2.43 bits per heavy atom. The van der Waals surface area contributed by atoms with Crippen molar-refractivity contribution in [3.8, 4) is 0 Å². The predicted octanol–water partition coefficient (Wildman–Crippen LogP) is 2.77. The van der Waals surface area contributed by atoms with E-state index in [-0.39, 0.29) is 6.10 Å². The zero-order chi connectivity index (χ0) is 10.6. The van der Waals surface area contributed by atoms with Gasteiger partial charge in [0.05, 0.1) is 13.2 Å². The number of hydrogen-bond donors (Lipinski definition) is 0. The number of hydrogen-bond acceptors (Lipinski definition) is 3. The number of alkyl halides is 1. The van der Waals surface area contributed by atoms with Crippen molar-refractivity contribution in [1.29, 1.82) is 0 Å². The maximum atomic E-state index is 5.64. The lowest BCUT2D eigenvalue weighted by Gasteiger charge is -2.29. The molecule has 1 unspecified atom stereocenters. The highest BCUT2D eigenvalue weighted by Gasteiger charge is 2.28. The molecular weight excluding hydrogens is 293 g/mol. The number of rotatable bonds is 3. The molecule has 82 valence electrons. The number of halogens is 1. The second-order valence-electron chi connectivity index (χ2n) is 3.64. The Morgan fingerprint density at radius 3 is 3.00 bits per heavy atom. The van der Waals surface area contributed by atoms with Gasteiger partial charge in [0.15, 0.2) is 0 Å². The molecule has 0 fully saturated rings. The molecule has 0 amide bonds. The van der Waals surface area contributed by atoms with Crippen molar-refractivity contribution in [2.45, 2.75) is 49.2 Å². The van der Waals surface area contributed by atoms with Gasteiger partial charge < -0.3 is 9.47 Å². The summed E-state index contributed by atoms with van der Waals surface area (Å²) < 4.78 is 11.2. The highest BCUT2D eigenvalue weighted by Crippen LogP contribution is 2.24. The molecule has 0 bridgehead atoms. The molecule has 14 heavy (non-hydrogen) atoms. The van der Waals surface area contributed by atoms with Gasteiger partial charge in [-0.15, -0.1) is 0 Å². The first-order valence-electron chi connectivity index (χ1n) is 5.09. The monoisotopic (exact) mass is 311 g/mol. The first-order chi connectivity index (χ1) is 6.67. The third kappa shape index (κ3) is 3.29. The fourth-order valence-corrected chi connectivity index (χ4v) is 2.62. The standard InChI is InChI=1S/C10H18INO2/c1-4-5-8(11)9-6-7(2)12-10(13-3)14-9/h7-9H,4-6H2,1-3H3/t7?,8-,9+/m0/s1. The molecule has 1 heterocycles. The first-order valence-corrected chi connectivity index (χ1v) is 6.34. The largest absolute Gasteiger partial charge is 0.454 e. The van der Waals surface area contributed by atoms with Gasteiger partial charge in [-0.05, 0) is 13.3 Å². The van der Waals surface area contributed by atoms with Crippen LogP contribution in [-0.2, 0) is 9.47 Å². The van der Waals surface area contributed by atoms with Crippen LogP contribution in [0, 0.1) is 0 Å². The Labute approximate surface area is 99.4 Å². The van der Waals surface area contributed by atoms with Crippen LogP contribution in [0.3, 0.4) is 0 Å². The average molecular weight is 311 g/mol. The van der Waals surface area contributed by atoms with Crippen molar-refractivity contribution in [3.63, 3.8) is 0 Å². The molecule has 0 aromatic heterocycles. The van der Waals surface area contributed by atoms with E-state index in [2.05, 4.69) is 41.4 Å². The van der Waals surface area contributed by atoms with Crippen molar-refractivity contribution in [1.82, 2.24) is 0 Å². The van der Waals surface area contributed by atoms with E-state index in [0.717, 1.165) is 6.42 Å². The zero-order valence-electron chi connectivity index (χ0n) is 9.00. The van der Waals surface area contributed by atoms with E-state index in [0.29, 0.717) is 16.1 Å². The Kier molecular flexibility index (Phi) is 4.98. The maximum Gasteiger partial charge on any atom is 0.383 e. The van der Waals surface area contributed by atoms with E-state index >= 15 is 0 Å². The Bertz CT molecular complexity index is 208. The van der Waals surface area contributed by atoms with Crippen LogP contribution in [0.2, 0.25) is 0 Å². The van der Waals surface area contributed by atoms with Gasteiger partial charge in [-0.1, -0.05) is 35.9 Å². The van der Waals surface area contributed by atoms with E-state index in [1.165, 1.54) is 12.8 Å². The van der Waals surface area contributed by atoms with Gasteiger partial charge in [0.2, 0.25) is 0 Å². The summed E-state index contributed by atoms with van der Waals surface area (Å²) in [4.78, 5) is 4.26. The molecule has 0 radical (unpaired) electrons. The molecule has 0 N–H and O–H groups in total. The minimum atomic E-state index is 0.262. The van der Waals surface area contributed by atoms with Crippen LogP contribution in [0.4, 0.5) is 0 Å². The molecule has 0 saturated heterocycles. The van der Waals surface area contributed by atoms with Gasteiger partial charge in [-0.25, -0.2) is 4.99 Å². The van der Waals surface area contributed by atoms with E-state index < -0.39 is 0 Å². The molecule has 1 aliphatic heterocycles. The van der Waals surface area contributed by atoms with Crippen molar-refractivity contribution in [3.05, 3.63) is 0 Å². The molecule has 1 rings (SSSR count). The number of nitrogens with zero attached hydrogens (tertiary/aromatic N) is 1. The van der Waals surface area contributed by atoms with Gasteiger partial charge >= 0.3 is 6.08 Å². The van der Waals surface area contributed by atoms with Gasteiger partial charge in [-0.3, -0.25) is 0 Å².